The smallest absolute Gasteiger partial charge is 0.243 e. The Hall–Kier alpha value is -1.29. The molecule has 126 valence electrons. The largest absolute Gasteiger partial charge is 0.468 e. The summed E-state index contributed by atoms with van der Waals surface area (Å²) in [4.78, 5) is 2.44. The van der Waals surface area contributed by atoms with Crippen LogP contribution in [0.25, 0.3) is 0 Å². The number of nitrogens with one attached hydrogen (secondary N) is 1. The summed E-state index contributed by atoms with van der Waals surface area (Å²) in [5.74, 6) is 2.88. The number of hydrogen-bond acceptors (Lipinski definition) is 6. The molecular weight excluding hydrogens is 336 g/mol. The fraction of sp³-hybridized carbons (Fsp3) is 0.500. The third kappa shape index (κ3) is 3.97. The number of nitrogens with zero attached hydrogens (tertiary/aromatic N) is 3. The van der Waals surface area contributed by atoms with E-state index >= 15 is 0 Å². The van der Waals surface area contributed by atoms with Crippen LogP contribution in [-0.4, -0.2) is 54.2 Å². The van der Waals surface area contributed by atoms with E-state index < -0.39 is 10.0 Å². The molecule has 23 heavy (non-hydrogen) atoms. The topological polar surface area (TPSA) is 80.4 Å². The summed E-state index contributed by atoms with van der Waals surface area (Å²) < 4.78 is 34.5. The van der Waals surface area contributed by atoms with Gasteiger partial charge in [-0.2, -0.15) is 16.9 Å². The standard InChI is InChI=1S/C14H20N4O3S2/c1-17-11-12(9-15-17)23(19,20)16-10-13(14-3-2-6-21-14)18-4-7-22-8-5-18/h2-3,6,9,11,13,16H,4-5,7-8,10H2,1H3/t13-/m1/s1. The van der Waals surface area contributed by atoms with Crippen molar-refractivity contribution in [2.45, 2.75) is 10.9 Å². The van der Waals surface area contributed by atoms with Crippen molar-refractivity contribution in [3.63, 3.8) is 0 Å². The lowest BCUT2D eigenvalue weighted by molar-refractivity contribution is 0.193. The Morgan fingerprint density at radius 3 is 2.83 bits per heavy atom. The second-order valence-corrected chi connectivity index (χ2v) is 8.37. The predicted octanol–water partition coefficient (Wildman–Crippen LogP) is 1.08. The van der Waals surface area contributed by atoms with E-state index in [1.807, 2.05) is 23.9 Å². The highest BCUT2D eigenvalue weighted by Crippen LogP contribution is 2.24. The first-order valence-electron chi connectivity index (χ1n) is 7.40. The van der Waals surface area contributed by atoms with Gasteiger partial charge >= 0.3 is 0 Å². The van der Waals surface area contributed by atoms with Gasteiger partial charge < -0.3 is 4.42 Å². The molecule has 2 aromatic heterocycles. The molecule has 0 amide bonds. The number of furan rings is 1. The zero-order valence-corrected chi connectivity index (χ0v) is 14.5. The van der Waals surface area contributed by atoms with Crippen LogP contribution >= 0.6 is 11.8 Å². The van der Waals surface area contributed by atoms with Crippen molar-refractivity contribution in [2.24, 2.45) is 7.05 Å². The predicted molar refractivity (Wildman–Crippen MR) is 88.7 cm³/mol. The minimum Gasteiger partial charge on any atom is -0.468 e. The first-order valence-corrected chi connectivity index (χ1v) is 10.0. The molecule has 0 bridgehead atoms. The average molecular weight is 356 g/mol. The van der Waals surface area contributed by atoms with Crippen LogP contribution in [0.1, 0.15) is 11.8 Å². The van der Waals surface area contributed by atoms with Gasteiger partial charge in [-0.25, -0.2) is 13.1 Å². The molecule has 1 atom stereocenters. The molecule has 1 saturated heterocycles. The van der Waals surface area contributed by atoms with Gasteiger partial charge in [0.2, 0.25) is 10.0 Å². The normalized spacial score (nSPS) is 18.1. The molecule has 0 aromatic carbocycles. The number of hydrogen-bond donors (Lipinski definition) is 1. The Labute approximate surface area is 140 Å². The second-order valence-electron chi connectivity index (χ2n) is 5.38. The second kappa shape index (κ2) is 7.08. The maximum Gasteiger partial charge on any atom is 0.243 e. The molecule has 0 radical (unpaired) electrons. The molecule has 1 N–H and O–H groups in total. The molecule has 2 aromatic rings. The van der Waals surface area contributed by atoms with E-state index in [1.165, 1.54) is 17.1 Å². The van der Waals surface area contributed by atoms with E-state index in [1.54, 1.807) is 13.3 Å². The van der Waals surface area contributed by atoms with Crippen molar-refractivity contribution in [1.29, 1.82) is 0 Å². The van der Waals surface area contributed by atoms with E-state index in [0.29, 0.717) is 0 Å². The van der Waals surface area contributed by atoms with E-state index in [4.69, 9.17) is 4.42 Å². The van der Waals surface area contributed by atoms with Crippen LogP contribution in [0, 0.1) is 0 Å². The molecule has 0 saturated carbocycles. The molecule has 1 aliphatic rings. The number of aryl methyl sites for hydroxylation is 1. The molecule has 0 aliphatic carbocycles. The van der Waals surface area contributed by atoms with Gasteiger partial charge in [0.05, 0.1) is 18.5 Å². The van der Waals surface area contributed by atoms with Crippen LogP contribution in [0.3, 0.4) is 0 Å². The highest BCUT2D eigenvalue weighted by molar-refractivity contribution is 7.99. The summed E-state index contributed by atoms with van der Waals surface area (Å²) in [5.41, 5.74) is 0. The number of thioether (sulfide) groups is 1. The molecule has 3 rings (SSSR count). The Balaban J connectivity index is 1.73. The van der Waals surface area contributed by atoms with Crippen molar-refractivity contribution >= 4 is 21.8 Å². The third-order valence-electron chi connectivity index (χ3n) is 3.82. The molecule has 3 heterocycles. The maximum absolute atomic E-state index is 12.4. The summed E-state index contributed by atoms with van der Waals surface area (Å²) >= 11 is 1.91. The molecule has 0 spiro atoms. The monoisotopic (exact) mass is 356 g/mol. The lowest BCUT2D eigenvalue weighted by atomic mass is 10.2. The summed E-state index contributed by atoms with van der Waals surface area (Å²) in [6.07, 6.45) is 4.46. The highest BCUT2D eigenvalue weighted by Gasteiger charge is 2.27. The molecule has 9 heteroatoms. The number of rotatable bonds is 6. The van der Waals surface area contributed by atoms with E-state index in [0.717, 1.165) is 30.4 Å². The van der Waals surface area contributed by atoms with Gasteiger partial charge in [-0.1, -0.05) is 0 Å². The minimum atomic E-state index is -3.57. The van der Waals surface area contributed by atoms with E-state index in [-0.39, 0.29) is 17.5 Å². The Kier molecular flexibility index (Phi) is 5.10. The van der Waals surface area contributed by atoms with Crippen LogP contribution < -0.4 is 4.72 Å². The van der Waals surface area contributed by atoms with Crippen LogP contribution in [0.2, 0.25) is 0 Å². The Bertz CT molecular complexity index is 721. The average Bonchev–Trinajstić information content (AvgIpc) is 3.20. The zero-order chi connectivity index (χ0) is 16.3. The number of sulfonamides is 1. The van der Waals surface area contributed by atoms with Gasteiger partial charge in [-0.3, -0.25) is 9.58 Å². The fourth-order valence-electron chi connectivity index (χ4n) is 2.59. The SMILES string of the molecule is Cn1cc(S(=O)(=O)NC[C@H](c2ccco2)N2CCSCC2)cn1. The van der Waals surface area contributed by atoms with Crippen LogP contribution in [0.15, 0.2) is 40.1 Å². The third-order valence-corrected chi connectivity index (χ3v) is 6.14. The fourth-order valence-corrected chi connectivity index (χ4v) is 4.54. The summed E-state index contributed by atoms with van der Waals surface area (Å²) in [6.45, 7) is 2.12. The minimum absolute atomic E-state index is 0.0997. The van der Waals surface area contributed by atoms with E-state index in [2.05, 4.69) is 14.7 Å². The van der Waals surface area contributed by atoms with Crippen molar-refractivity contribution in [3.8, 4) is 0 Å². The summed E-state index contributed by atoms with van der Waals surface area (Å²) in [7, 11) is -1.88. The van der Waals surface area contributed by atoms with Crippen molar-refractivity contribution in [1.82, 2.24) is 19.4 Å². The van der Waals surface area contributed by atoms with Crippen LogP contribution in [-0.2, 0) is 17.1 Å². The van der Waals surface area contributed by atoms with Crippen LogP contribution in [0.5, 0.6) is 0 Å². The van der Waals surface area contributed by atoms with Gasteiger partial charge in [0.25, 0.3) is 0 Å². The van der Waals surface area contributed by atoms with Crippen molar-refractivity contribution < 1.29 is 12.8 Å². The van der Waals surface area contributed by atoms with E-state index in [9.17, 15) is 8.42 Å². The Morgan fingerprint density at radius 2 is 2.22 bits per heavy atom. The molecule has 0 unspecified atom stereocenters. The molecule has 1 aliphatic heterocycles. The molecule has 1 fully saturated rings. The highest BCUT2D eigenvalue weighted by atomic mass is 32.2. The summed E-state index contributed by atoms with van der Waals surface area (Å²) in [6, 6.07) is 3.62. The van der Waals surface area contributed by atoms with Crippen LogP contribution in [0.4, 0.5) is 0 Å². The number of aromatic nitrogens is 2. The van der Waals surface area contributed by atoms with Crippen molar-refractivity contribution in [3.05, 3.63) is 36.5 Å². The Morgan fingerprint density at radius 1 is 1.43 bits per heavy atom. The lowest BCUT2D eigenvalue weighted by Gasteiger charge is -2.33. The van der Waals surface area contributed by atoms with Crippen molar-refractivity contribution in [2.75, 3.05) is 31.1 Å². The maximum atomic E-state index is 12.4. The first kappa shape index (κ1) is 16.6. The zero-order valence-electron chi connectivity index (χ0n) is 12.9. The van der Waals surface area contributed by atoms with Gasteiger partial charge in [-0.15, -0.1) is 0 Å². The summed E-state index contributed by atoms with van der Waals surface area (Å²) in [5, 5.41) is 3.92. The van der Waals surface area contributed by atoms with Gasteiger partial charge in [-0.05, 0) is 12.1 Å². The molecular formula is C14H20N4O3S2. The quantitative estimate of drug-likeness (QED) is 0.834. The molecule has 7 nitrogen and oxygen atoms in total. The van der Waals surface area contributed by atoms with Gasteiger partial charge in [0, 0.05) is 44.4 Å². The van der Waals surface area contributed by atoms with Gasteiger partial charge in [0.15, 0.2) is 0 Å². The van der Waals surface area contributed by atoms with Gasteiger partial charge in [0.1, 0.15) is 10.7 Å². The lowest BCUT2D eigenvalue weighted by Crippen LogP contribution is -2.41. The first-order chi connectivity index (χ1) is 11.1.